The standard InChI is InChI=1S/C9H17NO2.ClH/c1-2-3-7-12-9(11)8-5-4-6-10-8;/h8,10H,2-7H2,1H3;1H/t8-;/m0./s1. The average molecular weight is 208 g/mol. The van der Waals surface area contributed by atoms with Crippen LogP contribution < -0.4 is 5.32 Å². The second-order valence-electron chi connectivity index (χ2n) is 3.17. The maximum Gasteiger partial charge on any atom is 0.323 e. The molecular formula is C9H18ClNO2. The van der Waals surface area contributed by atoms with Crippen LogP contribution in [0.3, 0.4) is 0 Å². The molecule has 1 aliphatic rings. The number of carbonyl (C=O) groups is 1. The molecule has 0 bridgehead atoms. The van der Waals surface area contributed by atoms with Crippen molar-refractivity contribution in [3.63, 3.8) is 0 Å². The van der Waals surface area contributed by atoms with Crippen molar-refractivity contribution in [2.45, 2.75) is 38.6 Å². The van der Waals surface area contributed by atoms with Gasteiger partial charge in [0.05, 0.1) is 6.61 Å². The van der Waals surface area contributed by atoms with Gasteiger partial charge in [-0.25, -0.2) is 0 Å². The third kappa shape index (κ3) is 4.48. The second-order valence-corrected chi connectivity index (χ2v) is 3.17. The Bertz CT molecular complexity index is 147. The summed E-state index contributed by atoms with van der Waals surface area (Å²) in [6.07, 6.45) is 4.07. The number of carbonyl (C=O) groups excluding carboxylic acids is 1. The van der Waals surface area contributed by atoms with E-state index < -0.39 is 0 Å². The molecule has 1 fully saturated rings. The van der Waals surface area contributed by atoms with Gasteiger partial charge in [-0.05, 0) is 25.8 Å². The van der Waals surface area contributed by atoms with Crippen LogP contribution in [0.25, 0.3) is 0 Å². The number of esters is 1. The van der Waals surface area contributed by atoms with Gasteiger partial charge in [0.2, 0.25) is 0 Å². The van der Waals surface area contributed by atoms with Crippen molar-refractivity contribution in [3.05, 3.63) is 0 Å². The first-order valence-corrected chi connectivity index (χ1v) is 4.74. The Kier molecular flexibility index (Phi) is 7.00. The number of rotatable bonds is 4. The van der Waals surface area contributed by atoms with E-state index in [0.717, 1.165) is 32.2 Å². The third-order valence-corrected chi connectivity index (χ3v) is 2.09. The van der Waals surface area contributed by atoms with Crippen molar-refractivity contribution in [1.82, 2.24) is 5.32 Å². The predicted octanol–water partition coefficient (Wildman–Crippen LogP) is 1.50. The minimum Gasteiger partial charge on any atom is -0.465 e. The summed E-state index contributed by atoms with van der Waals surface area (Å²) in [6.45, 7) is 3.61. The van der Waals surface area contributed by atoms with Crippen molar-refractivity contribution in [3.8, 4) is 0 Å². The van der Waals surface area contributed by atoms with E-state index in [2.05, 4.69) is 12.2 Å². The normalized spacial score (nSPS) is 20.8. The molecule has 0 aromatic heterocycles. The van der Waals surface area contributed by atoms with E-state index in [4.69, 9.17) is 4.74 Å². The molecule has 3 nitrogen and oxygen atoms in total. The van der Waals surface area contributed by atoms with Crippen LogP contribution in [0.5, 0.6) is 0 Å². The fraction of sp³-hybridized carbons (Fsp3) is 0.889. The summed E-state index contributed by atoms with van der Waals surface area (Å²) in [5.74, 6) is -0.0686. The summed E-state index contributed by atoms with van der Waals surface area (Å²) >= 11 is 0. The molecular weight excluding hydrogens is 190 g/mol. The maximum absolute atomic E-state index is 11.2. The van der Waals surface area contributed by atoms with Crippen LogP contribution >= 0.6 is 12.4 Å². The van der Waals surface area contributed by atoms with E-state index in [9.17, 15) is 4.79 Å². The molecule has 13 heavy (non-hydrogen) atoms. The topological polar surface area (TPSA) is 38.3 Å². The highest BCUT2D eigenvalue weighted by Gasteiger charge is 2.22. The van der Waals surface area contributed by atoms with Crippen LogP contribution in [0.4, 0.5) is 0 Å². The van der Waals surface area contributed by atoms with Gasteiger partial charge in [-0.2, -0.15) is 0 Å². The molecule has 0 radical (unpaired) electrons. The van der Waals surface area contributed by atoms with Gasteiger partial charge in [0.15, 0.2) is 0 Å². The average Bonchev–Trinajstić information content (AvgIpc) is 2.56. The van der Waals surface area contributed by atoms with Gasteiger partial charge >= 0.3 is 5.97 Å². The maximum atomic E-state index is 11.2. The van der Waals surface area contributed by atoms with Crippen molar-refractivity contribution >= 4 is 18.4 Å². The smallest absolute Gasteiger partial charge is 0.323 e. The highest BCUT2D eigenvalue weighted by Crippen LogP contribution is 2.06. The largest absolute Gasteiger partial charge is 0.465 e. The lowest BCUT2D eigenvalue weighted by molar-refractivity contribution is -0.145. The summed E-state index contributed by atoms with van der Waals surface area (Å²) in [4.78, 5) is 11.2. The number of hydrogen-bond acceptors (Lipinski definition) is 3. The summed E-state index contributed by atoms with van der Waals surface area (Å²) in [5.41, 5.74) is 0. The summed E-state index contributed by atoms with van der Waals surface area (Å²) in [6, 6.07) is -0.0261. The van der Waals surface area contributed by atoms with Gasteiger partial charge in [0.25, 0.3) is 0 Å². The number of unbranched alkanes of at least 4 members (excludes halogenated alkanes) is 1. The molecule has 1 saturated heterocycles. The van der Waals surface area contributed by atoms with E-state index in [1.807, 2.05) is 0 Å². The van der Waals surface area contributed by atoms with Crippen LogP contribution in [0.15, 0.2) is 0 Å². The zero-order valence-electron chi connectivity index (χ0n) is 8.04. The van der Waals surface area contributed by atoms with Gasteiger partial charge in [-0.15, -0.1) is 12.4 Å². The van der Waals surface area contributed by atoms with Crippen molar-refractivity contribution < 1.29 is 9.53 Å². The molecule has 0 aliphatic carbocycles. The van der Waals surface area contributed by atoms with Crippen LogP contribution in [0.2, 0.25) is 0 Å². The molecule has 0 spiro atoms. The Morgan fingerprint density at radius 2 is 2.38 bits per heavy atom. The summed E-state index contributed by atoms with van der Waals surface area (Å²) in [7, 11) is 0. The Morgan fingerprint density at radius 1 is 1.62 bits per heavy atom. The minimum absolute atomic E-state index is 0. The lowest BCUT2D eigenvalue weighted by Crippen LogP contribution is -2.32. The van der Waals surface area contributed by atoms with E-state index in [0.29, 0.717) is 6.61 Å². The van der Waals surface area contributed by atoms with Gasteiger partial charge < -0.3 is 10.1 Å². The van der Waals surface area contributed by atoms with Gasteiger partial charge in [-0.1, -0.05) is 13.3 Å². The van der Waals surface area contributed by atoms with Gasteiger partial charge in [0.1, 0.15) is 6.04 Å². The van der Waals surface area contributed by atoms with Crippen molar-refractivity contribution in [2.24, 2.45) is 0 Å². The Morgan fingerprint density at radius 3 is 2.92 bits per heavy atom. The van der Waals surface area contributed by atoms with Crippen molar-refractivity contribution in [1.29, 1.82) is 0 Å². The highest BCUT2D eigenvalue weighted by atomic mass is 35.5. The Hall–Kier alpha value is -0.280. The quantitative estimate of drug-likeness (QED) is 0.561. The molecule has 0 amide bonds. The van der Waals surface area contributed by atoms with Crippen LogP contribution in [-0.2, 0) is 9.53 Å². The molecule has 0 aromatic carbocycles. The lowest BCUT2D eigenvalue weighted by atomic mass is 10.2. The molecule has 1 N–H and O–H groups in total. The molecule has 1 heterocycles. The molecule has 1 atom stereocenters. The van der Waals surface area contributed by atoms with Crippen molar-refractivity contribution in [2.75, 3.05) is 13.2 Å². The molecule has 0 aromatic rings. The highest BCUT2D eigenvalue weighted by molar-refractivity contribution is 5.85. The van der Waals surface area contributed by atoms with E-state index >= 15 is 0 Å². The first kappa shape index (κ1) is 12.7. The van der Waals surface area contributed by atoms with E-state index in [-0.39, 0.29) is 24.4 Å². The van der Waals surface area contributed by atoms with Crippen LogP contribution in [0, 0.1) is 0 Å². The molecule has 4 heteroatoms. The lowest BCUT2D eigenvalue weighted by Gasteiger charge is -2.09. The molecule has 1 rings (SSSR count). The first-order chi connectivity index (χ1) is 5.84. The summed E-state index contributed by atoms with van der Waals surface area (Å²) < 4.78 is 5.06. The van der Waals surface area contributed by atoms with Crippen LogP contribution in [-0.4, -0.2) is 25.2 Å². The number of nitrogens with one attached hydrogen (secondary N) is 1. The minimum atomic E-state index is -0.0686. The fourth-order valence-electron chi connectivity index (χ4n) is 1.30. The van der Waals surface area contributed by atoms with Gasteiger partial charge in [-0.3, -0.25) is 4.79 Å². The third-order valence-electron chi connectivity index (χ3n) is 2.09. The van der Waals surface area contributed by atoms with E-state index in [1.54, 1.807) is 0 Å². The molecule has 0 unspecified atom stereocenters. The fourth-order valence-corrected chi connectivity index (χ4v) is 1.30. The predicted molar refractivity (Wildman–Crippen MR) is 54.1 cm³/mol. The zero-order chi connectivity index (χ0) is 8.81. The number of ether oxygens (including phenoxy) is 1. The monoisotopic (exact) mass is 207 g/mol. The number of halogens is 1. The molecule has 0 saturated carbocycles. The Balaban J connectivity index is 0.00000144. The molecule has 78 valence electrons. The first-order valence-electron chi connectivity index (χ1n) is 4.74. The summed E-state index contributed by atoms with van der Waals surface area (Å²) in [5, 5.41) is 3.11. The zero-order valence-corrected chi connectivity index (χ0v) is 8.86. The number of hydrogen-bond donors (Lipinski definition) is 1. The van der Waals surface area contributed by atoms with E-state index in [1.165, 1.54) is 0 Å². The van der Waals surface area contributed by atoms with Crippen LogP contribution in [0.1, 0.15) is 32.6 Å². The Labute approximate surface area is 85.6 Å². The second kappa shape index (κ2) is 7.15. The SMILES string of the molecule is CCCCOC(=O)[C@@H]1CCCN1.Cl. The van der Waals surface area contributed by atoms with Gasteiger partial charge in [0, 0.05) is 0 Å². The molecule has 1 aliphatic heterocycles.